The SMILES string of the molecule is O=C(O)c1ccn(COc2ccc(F)cc2F)n1. The van der Waals surface area contributed by atoms with Crippen LogP contribution in [-0.2, 0) is 6.73 Å². The number of benzene rings is 1. The van der Waals surface area contributed by atoms with Crippen molar-refractivity contribution < 1.29 is 23.4 Å². The Morgan fingerprint density at radius 2 is 2.17 bits per heavy atom. The van der Waals surface area contributed by atoms with Gasteiger partial charge in [-0.25, -0.2) is 18.3 Å². The Balaban J connectivity index is 2.04. The van der Waals surface area contributed by atoms with E-state index in [1.54, 1.807) is 0 Å². The van der Waals surface area contributed by atoms with Crippen molar-refractivity contribution in [2.24, 2.45) is 0 Å². The Hall–Kier alpha value is -2.44. The zero-order valence-corrected chi connectivity index (χ0v) is 9.01. The maximum Gasteiger partial charge on any atom is 0.356 e. The van der Waals surface area contributed by atoms with Crippen molar-refractivity contribution in [3.63, 3.8) is 0 Å². The highest BCUT2D eigenvalue weighted by molar-refractivity contribution is 5.84. The number of aromatic carboxylic acids is 1. The van der Waals surface area contributed by atoms with E-state index in [0.717, 1.165) is 12.1 Å². The van der Waals surface area contributed by atoms with Crippen LogP contribution in [0.1, 0.15) is 10.5 Å². The van der Waals surface area contributed by atoms with Gasteiger partial charge in [-0.3, -0.25) is 0 Å². The summed E-state index contributed by atoms with van der Waals surface area (Å²) in [6.45, 7) is -0.171. The van der Waals surface area contributed by atoms with E-state index < -0.39 is 17.6 Å². The van der Waals surface area contributed by atoms with E-state index in [9.17, 15) is 13.6 Å². The van der Waals surface area contributed by atoms with Crippen LogP contribution in [0, 0.1) is 11.6 Å². The van der Waals surface area contributed by atoms with Crippen LogP contribution in [-0.4, -0.2) is 20.9 Å². The van der Waals surface area contributed by atoms with Crippen molar-refractivity contribution in [2.75, 3.05) is 0 Å². The zero-order chi connectivity index (χ0) is 13.1. The van der Waals surface area contributed by atoms with Gasteiger partial charge in [-0.15, -0.1) is 0 Å². The van der Waals surface area contributed by atoms with Crippen molar-refractivity contribution in [3.05, 3.63) is 47.8 Å². The van der Waals surface area contributed by atoms with Gasteiger partial charge in [-0.2, -0.15) is 5.10 Å². The Kier molecular flexibility index (Phi) is 3.22. The number of carboxylic acid groups (broad SMARTS) is 1. The van der Waals surface area contributed by atoms with Crippen molar-refractivity contribution in [1.29, 1.82) is 0 Å². The molecule has 0 aliphatic carbocycles. The summed E-state index contributed by atoms with van der Waals surface area (Å²) in [5, 5.41) is 12.3. The second-order valence-corrected chi connectivity index (χ2v) is 3.39. The van der Waals surface area contributed by atoms with E-state index in [1.165, 1.54) is 16.9 Å². The number of halogens is 2. The number of ether oxygens (including phenoxy) is 1. The molecule has 0 saturated heterocycles. The second-order valence-electron chi connectivity index (χ2n) is 3.39. The molecule has 0 aliphatic heterocycles. The standard InChI is InChI=1S/C11H8F2N2O3/c12-7-1-2-10(8(13)5-7)18-6-15-4-3-9(14-15)11(16)17/h1-5H,6H2,(H,16,17). The largest absolute Gasteiger partial charge is 0.476 e. The summed E-state index contributed by atoms with van der Waals surface area (Å²) in [5.74, 6) is -2.83. The number of nitrogens with zero attached hydrogens (tertiary/aromatic N) is 2. The molecule has 0 aliphatic rings. The summed E-state index contributed by atoms with van der Waals surface area (Å²) >= 11 is 0. The molecule has 5 nitrogen and oxygen atoms in total. The fourth-order valence-electron chi connectivity index (χ4n) is 1.28. The molecule has 7 heteroatoms. The molecule has 2 aromatic rings. The van der Waals surface area contributed by atoms with Gasteiger partial charge in [0.1, 0.15) is 5.82 Å². The summed E-state index contributed by atoms with van der Waals surface area (Å²) < 4.78 is 32.0. The van der Waals surface area contributed by atoms with E-state index in [-0.39, 0.29) is 18.2 Å². The Morgan fingerprint density at radius 3 is 2.78 bits per heavy atom. The van der Waals surface area contributed by atoms with Crippen molar-refractivity contribution in [1.82, 2.24) is 9.78 Å². The van der Waals surface area contributed by atoms with Crippen molar-refractivity contribution in [2.45, 2.75) is 6.73 Å². The molecular formula is C11H8F2N2O3. The highest BCUT2D eigenvalue weighted by Gasteiger charge is 2.08. The maximum absolute atomic E-state index is 13.2. The van der Waals surface area contributed by atoms with Crippen LogP contribution < -0.4 is 4.74 Å². The average molecular weight is 254 g/mol. The van der Waals surface area contributed by atoms with E-state index in [0.29, 0.717) is 6.07 Å². The fourth-order valence-corrected chi connectivity index (χ4v) is 1.28. The van der Waals surface area contributed by atoms with Gasteiger partial charge in [-0.1, -0.05) is 0 Å². The first kappa shape index (κ1) is 12.0. The third-order valence-corrected chi connectivity index (χ3v) is 2.11. The minimum absolute atomic E-state index is 0.135. The highest BCUT2D eigenvalue weighted by atomic mass is 19.1. The molecule has 0 fully saturated rings. The molecular weight excluding hydrogens is 246 g/mol. The van der Waals surface area contributed by atoms with Crippen LogP contribution in [0.25, 0.3) is 0 Å². The van der Waals surface area contributed by atoms with Crippen LogP contribution in [0.5, 0.6) is 5.75 Å². The first-order valence-electron chi connectivity index (χ1n) is 4.91. The van der Waals surface area contributed by atoms with Gasteiger partial charge in [0, 0.05) is 12.3 Å². The van der Waals surface area contributed by atoms with Crippen molar-refractivity contribution >= 4 is 5.97 Å². The quantitative estimate of drug-likeness (QED) is 0.904. The number of carboxylic acids is 1. The lowest BCUT2D eigenvalue weighted by Crippen LogP contribution is -2.08. The lowest BCUT2D eigenvalue weighted by Gasteiger charge is -2.06. The molecule has 1 aromatic carbocycles. The molecule has 0 unspecified atom stereocenters. The average Bonchev–Trinajstić information content (AvgIpc) is 2.76. The molecule has 18 heavy (non-hydrogen) atoms. The van der Waals surface area contributed by atoms with E-state index >= 15 is 0 Å². The van der Waals surface area contributed by atoms with Crippen LogP contribution in [0.3, 0.4) is 0 Å². The van der Waals surface area contributed by atoms with E-state index in [1.807, 2.05) is 0 Å². The maximum atomic E-state index is 13.2. The summed E-state index contributed by atoms with van der Waals surface area (Å²) in [5.41, 5.74) is -0.141. The molecule has 2 rings (SSSR count). The third-order valence-electron chi connectivity index (χ3n) is 2.11. The fraction of sp³-hybridized carbons (Fsp3) is 0.0909. The number of carbonyl (C=O) groups is 1. The predicted molar refractivity (Wildman–Crippen MR) is 56.2 cm³/mol. The van der Waals surface area contributed by atoms with Gasteiger partial charge in [0.2, 0.25) is 0 Å². The Labute approximate surface area is 100 Å². The lowest BCUT2D eigenvalue weighted by molar-refractivity contribution is 0.0688. The van der Waals surface area contributed by atoms with Gasteiger partial charge >= 0.3 is 5.97 Å². The van der Waals surface area contributed by atoms with Crippen LogP contribution >= 0.6 is 0 Å². The molecule has 1 N–H and O–H groups in total. The van der Waals surface area contributed by atoms with Gasteiger partial charge in [0.05, 0.1) is 0 Å². The van der Waals surface area contributed by atoms with Crippen molar-refractivity contribution in [3.8, 4) is 5.75 Å². The molecule has 0 atom stereocenters. The lowest BCUT2D eigenvalue weighted by atomic mass is 10.3. The Bertz CT molecular complexity index is 583. The predicted octanol–water partition coefficient (Wildman–Crippen LogP) is 1.90. The highest BCUT2D eigenvalue weighted by Crippen LogP contribution is 2.17. The minimum atomic E-state index is -1.17. The topological polar surface area (TPSA) is 64.3 Å². The molecule has 0 saturated carbocycles. The molecule has 0 bridgehead atoms. The van der Waals surface area contributed by atoms with Crippen LogP contribution in [0.2, 0.25) is 0 Å². The first-order valence-corrected chi connectivity index (χ1v) is 4.91. The van der Waals surface area contributed by atoms with Gasteiger partial charge < -0.3 is 9.84 Å². The van der Waals surface area contributed by atoms with E-state index in [2.05, 4.69) is 5.10 Å². The monoisotopic (exact) mass is 254 g/mol. The summed E-state index contributed by atoms with van der Waals surface area (Å²) in [6, 6.07) is 4.18. The first-order chi connectivity index (χ1) is 8.56. The molecule has 0 radical (unpaired) electrons. The number of rotatable bonds is 4. The normalized spacial score (nSPS) is 10.3. The van der Waals surface area contributed by atoms with E-state index in [4.69, 9.17) is 9.84 Å². The zero-order valence-electron chi connectivity index (χ0n) is 9.01. The molecule has 94 valence electrons. The Morgan fingerprint density at radius 1 is 1.39 bits per heavy atom. The molecule has 0 amide bonds. The summed E-state index contributed by atoms with van der Waals surface area (Å²) in [4.78, 5) is 10.6. The van der Waals surface area contributed by atoms with Gasteiger partial charge in [-0.05, 0) is 18.2 Å². The second kappa shape index (κ2) is 4.82. The smallest absolute Gasteiger partial charge is 0.356 e. The van der Waals surface area contributed by atoms with Crippen LogP contribution in [0.15, 0.2) is 30.5 Å². The number of aromatic nitrogens is 2. The number of hydrogen-bond acceptors (Lipinski definition) is 3. The summed E-state index contributed by atoms with van der Waals surface area (Å²) in [7, 11) is 0. The summed E-state index contributed by atoms with van der Waals surface area (Å²) in [6.07, 6.45) is 1.38. The molecule has 1 aromatic heterocycles. The van der Waals surface area contributed by atoms with Gasteiger partial charge in [0.25, 0.3) is 0 Å². The van der Waals surface area contributed by atoms with Gasteiger partial charge in [0.15, 0.2) is 24.0 Å². The molecule has 1 heterocycles. The third kappa shape index (κ3) is 2.62. The van der Waals surface area contributed by atoms with Crippen LogP contribution in [0.4, 0.5) is 8.78 Å². The molecule has 0 spiro atoms. The minimum Gasteiger partial charge on any atom is -0.476 e. The number of hydrogen-bond donors (Lipinski definition) is 1.